The van der Waals surface area contributed by atoms with Crippen LogP contribution in [0.5, 0.6) is 0 Å². The second-order valence-electron chi connectivity index (χ2n) is 5.93. The molecule has 2 unspecified atom stereocenters. The number of rotatable bonds is 5. The van der Waals surface area contributed by atoms with Crippen molar-refractivity contribution in [1.82, 2.24) is 19.7 Å². The minimum absolute atomic E-state index is 0.222. The van der Waals surface area contributed by atoms with E-state index in [4.69, 9.17) is 0 Å². The lowest BCUT2D eigenvalue weighted by molar-refractivity contribution is -0.134. The molecule has 0 aliphatic carbocycles. The molecule has 0 N–H and O–H groups in total. The van der Waals surface area contributed by atoms with Gasteiger partial charge in [0.2, 0.25) is 5.91 Å². The van der Waals surface area contributed by atoms with Crippen LogP contribution in [0.2, 0.25) is 0 Å². The molecular formula is C15H26N4OS. The Morgan fingerprint density at radius 2 is 1.95 bits per heavy atom. The molecule has 118 valence electrons. The molecule has 5 nitrogen and oxygen atoms in total. The number of likely N-dealkylation sites (tertiary alicyclic amines) is 1. The van der Waals surface area contributed by atoms with Crippen LogP contribution in [0.1, 0.15) is 52.3 Å². The summed E-state index contributed by atoms with van der Waals surface area (Å²) in [4.78, 5) is 14.5. The van der Waals surface area contributed by atoms with Crippen molar-refractivity contribution in [1.29, 1.82) is 0 Å². The third kappa shape index (κ3) is 3.78. The van der Waals surface area contributed by atoms with Gasteiger partial charge in [0.25, 0.3) is 0 Å². The lowest BCUT2D eigenvalue weighted by atomic mass is 9.98. The number of hydrogen-bond donors (Lipinski definition) is 0. The Bertz CT molecular complexity index is 478. The standard InChI is InChI=1S/C15H26N4OS/c1-5-7-13-16-17-15(18(13)4)21-10-14(20)19-11(2)8-6-9-12(19)3/h11-12H,5-10H2,1-4H3. The predicted octanol–water partition coefficient (Wildman–Crippen LogP) is 2.65. The molecule has 2 atom stereocenters. The topological polar surface area (TPSA) is 51.0 Å². The van der Waals surface area contributed by atoms with Gasteiger partial charge in [-0.25, -0.2) is 0 Å². The SMILES string of the molecule is CCCc1nnc(SCC(=O)N2C(C)CCCC2C)n1C. The van der Waals surface area contributed by atoms with Gasteiger partial charge < -0.3 is 9.47 Å². The van der Waals surface area contributed by atoms with Gasteiger partial charge in [-0.2, -0.15) is 0 Å². The third-order valence-corrected chi connectivity index (χ3v) is 5.21. The third-order valence-electron chi connectivity index (χ3n) is 4.20. The van der Waals surface area contributed by atoms with Crippen molar-refractivity contribution in [3.05, 3.63) is 5.82 Å². The summed E-state index contributed by atoms with van der Waals surface area (Å²) >= 11 is 1.50. The summed E-state index contributed by atoms with van der Waals surface area (Å²) in [5.41, 5.74) is 0. The predicted molar refractivity (Wildman–Crippen MR) is 85.3 cm³/mol. The van der Waals surface area contributed by atoms with Crippen molar-refractivity contribution in [2.45, 2.75) is 70.1 Å². The average Bonchev–Trinajstić information content (AvgIpc) is 2.78. The number of aryl methyl sites for hydroxylation is 1. The number of piperidine rings is 1. The Kier molecular flexibility index (Phi) is 5.67. The van der Waals surface area contributed by atoms with Gasteiger partial charge in [0.15, 0.2) is 5.16 Å². The van der Waals surface area contributed by atoms with Gasteiger partial charge in [-0.3, -0.25) is 4.79 Å². The van der Waals surface area contributed by atoms with E-state index in [0.29, 0.717) is 17.8 Å². The fraction of sp³-hybridized carbons (Fsp3) is 0.800. The molecule has 21 heavy (non-hydrogen) atoms. The van der Waals surface area contributed by atoms with Crippen LogP contribution in [-0.4, -0.2) is 43.4 Å². The summed E-state index contributed by atoms with van der Waals surface area (Å²) in [5.74, 6) is 1.67. The Labute approximate surface area is 131 Å². The van der Waals surface area contributed by atoms with Gasteiger partial charge in [0, 0.05) is 25.6 Å². The first-order valence-electron chi connectivity index (χ1n) is 7.86. The molecular weight excluding hydrogens is 284 g/mol. The number of aromatic nitrogens is 3. The van der Waals surface area contributed by atoms with Crippen LogP contribution in [0, 0.1) is 0 Å². The quantitative estimate of drug-likeness (QED) is 0.785. The van der Waals surface area contributed by atoms with Crippen molar-refractivity contribution in [3.8, 4) is 0 Å². The van der Waals surface area contributed by atoms with E-state index in [2.05, 4.69) is 35.9 Å². The van der Waals surface area contributed by atoms with Crippen LogP contribution in [0.15, 0.2) is 5.16 Å². The molecule has 0 bridgehead atoms. The Morgan fingerprint density at radius 3 is 2.57 bits per heavy atom. The van der Waals surface area contributed by atoms with E-state index in [1.165, 1.54) is 18.2 Å². The van der Waals surface area contributed by atoms with Crippen LogP contribution in [0.25, 0.3) is 0 Å². The van der Waals surface area contributed by atoms with Crippen molar-refractivity contribution < 1.29 is 4.79 Å². The summed E-state index contributed by atoms with van der Waals surface area (Å²) in [6, 6.07) is 0.717. The van der Waals surface area contributed by atoms with E-state index in [9.17, 15) is 4.79 Å². The molecule has 1 aromatic rings. The van der Waals surface area contributed by atoms with Crippen molar-refractivity contribution in [2.75, 3.05) is 5.75 Å². The zero-order valence-electron chi connectivity index (χ0n) is 13.5. The highest BCUT2D eigenvalue weighted by Gasteiger charge is 2.28. The molecule has 6 heteroatoms. The van der Waals surface area contributed by atoms with E-state index in [0.717, 1.165) is 36.7 Å². The first-order chi connectivity index (χ1) is 10.0. The second kappa shape index (κ2) is 7.29. The normalized spacial score (nSPS) is 22.6. The van der Waals surface area contributed by atoms with E-state index in [-0.39, 0.29) is 5.91 Å². The molecule has 1 aliphatic heterocycles. The first-order valence-corrected chi connectivity index (χ1v) is 8.85. The zero-order valence-corrected chi connectivity index (χ0v) is 14.3. The second-order valence-corrected chi connectivity index (χ2v) is 6.87. The summed E-state index contributed by atoms with van der Waals surface area (Å²) in [6.07, 6.45) is 5.44. The van der Waals surface area contributed by atoms with Gasteiger partial charge >= 0.3 is 0 Å². The smallest absolute Gasteiger partial charge is 0.233 e. The maximum atomic E-state index is 12.5. The lowest BCUT2D eigenvalue weighted by Crippen LogP contribution is -2.48. The molecule has 0 radical (unpaired) electrons. The molecule has 1 fully saturated rings. The van der Waals surface area contributed by atoms with E-state index < -0.39 is 0 Å². The minimum Gasteiger partial charge on any atom is -0.337 e. The van der Waals surface area contributed by atoms with Gasteiger partial charge in [-0.1, -0.05) is 18.7 Å². The average molecular weight is 310 g/mol. The molecule has 2 heterocycles. The number of thioether (sulfide) groups is 1. The molecule has 0 spiro atoms. The Balaban J connectivity index is 1.94. The Hall–Kier alpha value is -1.04. The van der Waals surface area contributed by atoms with Gasteiger partial charge in [-0.05, 0) is 39.5 Å². The number of amides is 1. The maximum Gasteiger partial charge on any atom is 0.233 e. The van der Waals surface area contributed by atoms with E-state index in [1.54, 1.807) is 0 Å². The molecule has 0 saturated carbocycles. The van der Waals surface area contributed by atoms with Crippen molar-refractivity contribution in [3.63, 3.8) is 0 Å². The lowest BCUT2D eigenvalue weighted by Gasteiger charge is -2.39. The van der Waals surface area contributed by atoms with Gasteiger partial charge in [-0.15, -0.1) is 10.2 Å². The van der Waals surface area contributed by atoms with Gasteiger partial charge in [0.1, 0.15) is 5.82 Å². The molecule has 1 saturated heterocycles. The maximum absolute atomic E-state index is 12.5. The fourth-order valence-corrected chi connectivity index (χ4v) is 3.83. The molecule has 1 aromatic heterocycles. The highest BCUT2D eigenvalue weighted by molar-refractivity contribution is 7.99. The fourth-order valence-electron chi connectivity index (χ4n) is 3.03. The summed E-state index contributed by atoms with van der Waals surface area (Å²) < 4.78 is 2.00. The number of carbonyl (C=O) groups is 1. The highest BCUT2D eigenvalue weighted by atomic mass is 32.2. The van der Waals surface area contributed by atoms with E-state index in [1.807, 2.05) is 11.6 Å². The Morgan fingerprint density at radius 1 is 1.29 bits per heavy atom. The minimum atomic E-state index is 0.222. The number of hydrogen-bond acceptors (Lipinski definition) is 4. The van der Waals surface area contributed by atoms with Crippen LogP contribution in [-0.2, 0) is 18.3 Å². The van der Waals surface area contributed by atoms with Crippen LogP contribution in [0.4, 0.5) is 0 Å². The highest BCUT2D eigenvalue weighted by Crippen LogP contribution is 2.25. The molecule has 2 rings (SSSR count). The monoisotopic (exact) mass is 310 g/mol. The first kappa shape index (κ1) is 16.3. The van der Waals surface area contributed by atoms with Crippen LogP contribution >= 0.6 is 11.8 Å². The summed E-state index contributed by atoms with van der Waals surface area (Å²) in [6.45, 7) is 6.43. The summed E-state index contributed by atoms with van der Waals surface area (Å²) in [5, 5.41) is 9.22. The number of nitrogens with zero attached hydrogens (tertiary/aromatic N) is 4. The van der Waals surface area contributed by atoms with Gasteiger partial charge in [0.05, 0.1) is 5.75 Å². The van der Waals surface area contributed by atoms with Crippen LogP contribution < -0.4 is 0 Å². The summed E-state index contributed by atoms with van der Waals surface area (Å²) in [7, 11) is 1.98. The van der Waals surface area contributed by atoms with E-state index >= 15 is 0 Å². The van der Waals surface area contributed by atoms with Crippen molar-refractivity contribution >= 4 is 17.7 Å². The zero-order chi connectivity index (χ0) is 15.4. The largest absolute Gasteiger partial charge is 0.337 e. The van der Waals surface area contributed by atoms with Crippen molar-refractivity contribution in [2.24, 2.45) is 7.05 Å². The molecule has 1 aliphatic rings. The van der Waals surface area contributed by atoms with Crippen LogP contribution in [0.3, 0.4) is 0 Å². The number of carbonyl (C=O) groups excluding carboxylic acids is 1. The molecule has 1 amide bonds. The molecule has 0 aromatic carbocycles.